The van der Waals surface area contributed by atoms with Gasteiger partial charge in [0.15, 0.2) is 0 Å². The fourth-order valence-corrected chi connectivity index (χ4v) is 5.40. The third-order valence-electron chi connectivity index (χ3n) is 7.27. The number of methoxy groups -OCH3 is 1. The number of carbonyl (C=O) groups excluding carboxylic acids is 1. The van der Waals surface area contributed by atoms with Crippen molar-refractivity contribution in [1.29, 1.82) is 0 Å². The Kier molecular flexibility index (Phi) is 29.1. The van der Waals surface area contributed by atoms with Crippen LogP contribution in [0.3, 0.4) is 0 Å². The maximum Gasteiger partial charge on any atom is 0.319 e. The van der Waals surface area contributed by atoms with E-state index in [9.17, 15) is 4.79 Å². The second-order valence-electron chi connectivity index (χ2n) is 10.6. The highest BCUT2D eigenvalue weighted by atomic mass is 79.9. The van der Waals surface area contributed by atoms with Gasteiger partial charge in [-0.15, -0.1) is 0 Å². The molecule has 1 atom stereocenters. The lowest BCUT2D eigenvalue weighted by Crippen LogP contribution is -2.15. The standard InChI is InChI=1S/C31H61BrO2/c1-3-4-5-6-7-8-9-10-11-12-13-14-15-16-17-18-19-20-21-22-23-24-25-26-27-28-29-30(32)31(33)34-2/h30H,3-29H2,1-2H3. The Morgan fingerprint density at radius 2 is 0.735 bits per heavy atom. The average Bonchev–Trinajstić information content (AvgIpc) is 2.85. The summed E-state index contributed by atoms with van der Waals surface area (Å²) in [6, 6.07) is 0. The Balaban J connectivity index is 3.07. The Morgan fingerprint density at radius 1 is 0.500 bits per heavy atom. The van der Waals surface area contributed by atoms with Gasteiger partial charge in [-0.2, -0.15) is 0 Å². The topological polar surface area (TPSA) is 26.3 Å². The van der Waals surface area contributed by atoms with Crippen molar-refractivity contribution >= 4 is 21.9 Å². The number of carbonyl (C=O) groups is 1. The molecule has 2 nitrogen and oxygen atoms in total. The number of esters is 1. The summed E-state index contributed by atoms with van der Waals surface area (Å²) in [5.74, 6) is -0.139. The second kappa shape index (κ2) is 29.2. The zero-order valence-electron chi connectivity index (χ0n) is 23.4. The molecule has 0 bridgehead atoms. The van der Waals surface area contributed by atoms with Crippen molar-refractivity contribution in [3.63, 3.8) is 0 Å². The SMILES string of the molecule is CCCCCCCCCCCCCCCCCCCCCCCCCCCCC(Br)C(=O)OC. The minimum Gasteiger partial charge on any atom is -0.468 e. The van der Waals surface area contributed by atoms with Crippen molar-refractivity contribution in [2.75, 3.05) is 7.11 Å². The molecule has 0 saturated carbocycles. The molecule has 0 amide bonds. The zero-order valence-corrected chi connectivity index (χ0v) is 24.9. The summed E-state index contributed by atoms with van der Waals surface area (Å²) >= 11 is 3.39. The maximum atomic E-state index is 11.3. The molecule has 0 radical (unpaired) electrons. The molecule has 0 aliphatic heterocycles. The molecule has 204 valence electrons. The lowest BCUT2D eigenvalue weighted by atomic mass is 10.0. The minimum absolute atomic E-state index is 0.119. The summed E-state index contributed by atoms with van der Waals surface area (Å²) in [5.41, 5.74) is 0. The third-order valence-corrected chi connectivity index (χ3v) is 8.10. The fourth-order valence-electron chi connectivity index (χ4n) is 4.89. The number of alkyl halides is 1. The predicted molar refractivity (Wildman–Crippen MR) is 155 cm³/mol. The number of hydrogen-bond donors (Lipinski definition) is 0. The van der Waals surface area contributed by atoms with E-state index in [1.165, 1.54) is 168 Å². The Labute approximate surface area is 223 Å². The molecule has 0 aromatic carbocycles. The Bertz CT molecular complexity index is 399. The molecule has 0 rings (SSSR count). The van der Waals surface area contributed by atoms with E-state index in [0.717, 1.165) is 12.8 Å². The van der Waals surface area contributed by atoms with Gasteiger partial charge >= 0.3 is 5.97 Å². The minimum atomic E-state index is -0.139. The van der Waals surface area contributed by atoms with Gasteiger partial charge in [0.05, 0.1) is 7.11 Å². The molecule has 0 aromatic rings. The first-order chi connectivity index (χ1) is 16.7. The first-order valence-electron chi connectivity index (χ1n) is 15.4. The van der Waals surface area contributed by atoms with Crippen LogP contribution in [-0.2, 0) is 9.53 Å². The van der Waals surface area contributed by atoms with Crippen LogP contribution in [0.25, 0.3) is 0 Å². The van der Waals surface area contributed by atoms with Gasteiger partial charge in [-0.25, -0.2) is 0 Å². The summed E-state index contributed by atoms with van der Waals surface area (Å²) in [4.78, 5) is 11.2. The van der Waals surface area contributed by atoms with Crippen LogP contribution < -0.4 is 0 Å². The van der Waals surface area contributed by atoms with Gasteiger partial charge < -0.3 is 4.74 Å². The monoisotopic (exact) mass is 544 g/mol. The molecule has 0 aliphatic carbocycles. The molecule has 0 heterocycles. The normalized spacial score (nSPS) is 12.2. The first kappa shape index (κ1) is 34.0. The predicted octanol–water partition coefficient (Wildman–Crippen LogP) is 11.5. The van der Waals surface area contributed by atoms with Crippen LogP contribution in [0.5, 0.6) is 0 Å². The van der Waals surface area contributed by atoms with E-state index in [-0.39, 0.29) is 10.8 Å². The summed E-state index contributed by atoms with van der Waals surface area (Å²) in [6.45, 7) is 2.30. The Morgan fingerprint density at radius 3 is 0.971 bits per heavy atom. The molecule has 0 saturated heterocycles. The van der Waals surface area contributed by atoms with Gasteiger partial charge in [0, 0.05) is 0 Å². The summed E-state index contributed by atoms with van der Waals surface area (Å²) < 4.78 is 4.74. The van der Waals surface area contributed by atoms with E-state index in [1.807, 2.05) is 0 Å². The number of hydrogen-bond acceptors (Lipinski definition) is 2. The zero-order chi connectivity index (χ0) is 25.0. The molecule has 0 aromatic heterocycles. The van der Waals surface area contributed by atoms with Crippen molar-refractivity contribution in [2.45, 2.75) is 185 Å². The lowest BCUT2D eigenvalue weighted by Gasteiger charge is -2.07. The largest absolute Gasteiger partial charge is 0.468 e. The fraction of sp³-hybridized carbons (Fsp3) is 0.968. The van der Waals surface area contributed by atoms with E-state index >= 15 is 0 Å². The molecular formula is C31H61BrO2. The van der Waals surface area contributed by atoms with E-state index < -0.39 is 0 Å². The highest BCUT2D eigenvalue weighted by Crippen LogP contribution is 2.17. The van der Waals surface area contributed by atoms with Gasteiger partial charge in [-0.05, 0) is 6.42 Å². The van der Waals surface area contributed by atoms with Crippen LogP contribution in [-0.4, -0.2) is 17.9 Å². The number of halogens is 1. The van der Waals surface area contributed by atoms with Crippen molar-refractivity contribution in [3.8, 4) is 0 Å². The van der Waals surface area contributed by atoms with Crippen LogP contribution in [0.15, 0.2) is 0 Å². The molecular weight excluding hydrogens is 484 g/mol. The van der Waals surface area contributed by atoms with E-state index in [1.54, 1.807) is 0 Å². The second-order valence-corrected chi connectivity index (χ2v) is 11.7. The highest BCUT2D eigenvalue weighted by Gasteiger charge is 2.13. The van der Waals surface area contributed by atoms with Crippen LogP contribution in [0, 0.1) is 0 Å². The first-order valence-corrected chi connectivity index (χ1v) is 16.4. The molecule has 0 fully saturated rings. The molecule has 0 aliphatic rings. The van der Waals surface area contributed by atoms with Gasteiger partial charge in [-0.1, -0.05) is 190 Å². The van der Waals surface area contributed by atoms with E-state index in [2.05, 4.69) is 22.9 Å². The number of unbranched alkanes of at least 4 members (excludes halogenated alkanes) is 25. The molecule has 0 spiro atoms. The molecule has 0 N–H and O–H groups in total. The summed E-state index contributed by atoms with van der Waals surface area (Å²) in [7, 11) is 1.46. The number of rotatable bonds is 28. The van der Waals surface area contributed by atoms with Gasteiger partial charge in [-0.3, -0.25) is 4.79 Å². The van der Waals surface area contributed by atoms with Gasteiger partial charge in [0.2, 0.25) is 0 Å². The van der Waals surface area contributed by atoms with E-state index in [4.69, 9.17) is 4.74 Å². The van der Waals surface area contributed by atoms with Crippen molar-refractivity contribution < 1.29 is 9.53 Å². The van der Waals surface area contributed by atoms with Crippen LogP contribution in [0.2, 0.25) is 0 Å². The highest BCUT2D eigenvalue weighted by molar-refractivity contribution is 9.10. The van der Waals surface area contributed by atoms with Crippen molar-refractivity contribution in [3.05, 3.63) is 0 Å². The quantitative estimate of drug-likeness (QED) is 0.0555. The van der Waals surface area contributed by atoms with Crippen LogP contribution in [0.1, 0.15) is 180 Å². The average molecular weight is 546 g/mol. The smallest absolute Gasteiger partial charge is 0.319 e. The Hall–Kier alpha value is -0.0500. The summed E-state index contributed by atoms with van der Waals surface area (Å²) in [5, 5.41) is 0. The van der Waals surface area contributed by atoms with Gasteiger partial charge in [0.25, 0.3) is 0 Å². The summed E-state index contributed by atoms with van der Waals surface area (Å²) in [6.07, 6.45) is 37.8. The number of ether oxygens (including phenoxy) is 1. The van der Waals surface area contributed by atoms with Crippen molar-refractivity contribution in [1.82, 2.24) is 0 Å². The van der Waals surface area contributed by atoms with Crippen molar-refractivity contribution in [2.24, 2.45) is 0 Å². The maximum absolute atomic E-state index is 11.3. The van der Waals surface area contributed by atoms with Crippen LogP contribution in [0.4, 0.5) is 0 Å². The molecule has 34 heavy (non-hydrogen) atoms. The molecule has 3 heteroatoms. The van der Waals surface area contributed by atoms with Gasteiger partial charge in [0.1, 0.15) is 4.83 Å². The van der Waals surface area contributed by atoms with E-state index in [0.29, 0.717) is 0 Å². The van der Waals surface area contributed by atoms with Crippen LogP contribution >= 0.6 is 15.9 Å². The third kappa shape index (κ3) is 26.6. The lowest BCUT2D eigenvalue weighted by molar-refractivity contribution is -0.139. The molecule has 1 unspecified atom stereocenters.